The molecule has 1 aromatic carbocycles. The number of ketones is 1. The minimum atomic E-state index is -3.37. The number of nitrogen functional groups attached to an aromatic ring is 1. The van der Waals surface area contributed by atoms with E-state index < -0.39 is 33.0 Å². The first-order valence-electron chi connectivity index (χ1n) is 10.5. The van der Waals surface area contributed by atoms with E-state index in [1.54, 1.807) is 0 Å². The molecule has 1 aromatic heterocycles. The first-order valence-corrected chi connectivity index (χ1v) is 13.0. The van der Waals surface area contributed by atoms with Gasteiger partial charge in [0.2, 0.25) is 15.8 Å². The number of thiazole rings is 1. The van der Waals surface area contributed by atoms with Crippen LogP contribution in [0.15, 0.2) is 18.2 Å². The Morgan fingerprint density at radius 1 is 1.24 bits per heavy atom. The number of aliphatic hydroxyl groups is 1. The Hall–Kier alpha value is -2.19. The molecule has 182 valence electrons. The van der Waals surface area contributed by atoms with Crippen LogP contribution in [0.5, 0.6) is 0 Å². The molecule has 1 saturated heterocycles. The van der Waals surface area contributed by atoms with Gasteiger partial charge < -0.3 is 21.5 Å². The molecule has 5 N–H and O–H groups in total. The quantitative estimate of drug-likeness (QED) is 0.267. The predicted octanol–water partition coefficient (Wildman–Crippen LogP) is 1.41. The summed E-state index contributed by atoms with van der Waals surface area (Å²) >= 11 is 0.911. The molecule has 9 nitrogen and oxygen atoms in total. The summed E-state index contributed by atoms with van der Waals surface area (Å²) in [6.07, 6.45) is 1.53. The van der Waals surface area contributed by atoms with Gasteiger partial charge in [-0.25, -0.2) is 26.5 Å². The van der Waals surface area contributed by atoms with Gasteiger partial charge in [-0.05, 0) is 37.9 Å². The molecule has 0 saturated carbocycles. The fraction of sp³-hybridized carbons (Fsp3) is 0.500. The Bertz CT molecular complexity index is 1050. The van der Waals surface area contributed by atoms with Crippen LogP contribution in [0.2, 0.25) is 0 Å². The smallest absolute Gasteiger partial charge is 0.214 e. The van der Waals surface area contributed by atoms with Gasteiger partial charge in [0.1, 0.15) is 22.3 Å². The van der Waals surface area contributed by atoms with Crippen LogP contribution in [0.25, 0.3) is 0 Å². The monoisotopic (exact) mass is 503 g/mol. The van der Waals surface area contributed by atoms with Crippen molar-refractivity contribution in [3.8, 4) is 0 Å². The summed E-state index contributed by atoms with van der Waals surface area (Å²) in [5.74, 6) is -2.90. The molecule has 3 rings (SSSR count). The minimum Gasteiger partial charge on any atom is -0.395 e. The van der Waals surface area contributed by atoms with Crippen LogP contribution in [-0.4, -0.2) is 73.2 Å². The van der Waals surface area contributed by atoms with Crippen LogP contribution in [-0.2, 0) is 10.0 Å². The van der Waals surface area contributed by atoms with Gasteiger partial charge in [-0.3, -0.25) is 4.79 Å². The molecule has 33 heavy (non-hydrogen) atoms. The SMILES string of the molecule is Nc1nc(NC2CCN(S(=O)(=O)CCCNCCO)CC2)sc1C(=O)c1c(F)cccc1F. The Morgan fingerprint density at radius 3 is 2.55 bits per heavy atom. The number of benzene rings is 1. The van der Waals surface area contributed by atoms with Crippen molar-refractivity contribution in [2.75, 3.05) is 49.6 Å². The van der Waals surface area contributed by atoms with Gasteiger partial charge in [-0.1, -0.05) is 17.4 Å². The molecule has 2 aromatic rings. The zero-order chi connectivity index (χ0) is 24.0. The molecule has 1 fully saturated rings. The minimum absolute atomic E-state index is 0.00763. The van der Waals surface area contributed by atoms with Crippen molar-refractivity contribution >= 4 is 38.1 Å². The lowest BCUT2D eigenvalue weighted by Crippen LogP contribution is -2.43. The van der Waals surface area contributed by atoms with Gasteiger partial charge in [0, 0.05) is 25.7 Å². The van der Waals surface area contributed by atoms with E-state index in [-0.39, 0.29) is 29.1 Å². The Kier molecular flexibility index (Phi) is 8.70. The Balaban J connectivity index is 1.56. The number of nitrogens with two attached hydrogens (primary N) is 1. The van der Waals surface area contributed by atoms with Crippen molar-refractivity contribution in [1.29, 1.82) is 0 Å². The predicted molar refractivity (Wildman–Crippen MR) is 123 cm³/mol. The van der Waals surface area contributed by atoms with Crippen LogP contribution in [0, 0.1) is 11.6 Å². The summed E-state index contributed by atoms with van der Waals surface area (Å²) < 4.78 is 54.4. The number of rotatable bonds is 11. The first kappa shape index (κ1) is 25.4. The van der Waals surface area contributed by atoms with Crippen molar-refractivity contribution < 1.29 is 27.1 Å². The van der Waals surface area contributed by atoms with E-state index in [1.807, 2.05) is 0 Å². The van der Waals surface area contributed by atoms with Crippen molar-refractivity contribution in [3.63, 3.8) is 0 Å². The molecular weight excluding hydrogens is 476 g/mol. The van der Waals surface area contributed by atoms with Crippen LogP contribution < -0.4 is 16.4 Å². The molecule has 0 bridgehead atoms. The second kappa shape index (κ2) is 11.3. The molecule has 0 unspecified atom stereocenters. The van der Waals surface area contributed by atoms with E-state index in [9.17, 15) is 22.0 Å². The summed E-state index contributed by atoms with van der Waals surface area (Å²) in [4.78, 5) is 16.7. The fourth-order valence-electron chi connectivity index (χ4n) is 3.55. The number of aromatic nitrogens is 1. The number of carbonyl (C=O) groups excluding carboxylic acids is 1. The van der Waals surface area contributed by atoms with E-state index in [0.29, 0.717) is 50.6 Å². The number of hydrogen-bond acceptors (Lipinski definition) is 9. The van der Waals surface area contributed by atoms with Crippen LogP contribution in [0.1, 0.15) is 34.5 Å². The molecule has 1 aliphatic rings. The lowest BCUT2D eigenvalue weighted by molar-refractivity contribution is 0.103. The van der Waals surface area contributed by atoms with Gasteiger partial charge in [-0.15, -0.1) is 0 Å². The van der Waals surface area contributed by atoms with Crippen LogP contribution >= 0.6 is 11.3 Å². The number of halogens is 2. The highest BCUT2D eigenvalue weighted by Gasteiger charge is 2.29. The number of sulfonamides is 1. The number of anilines is 2. The van der Waals surface area contributed by atoms with Crippen molar-refractivity contribution in [2.45, 2.75) is 25.3 Å². The summed E-state index contributed by atoms with van der Waals surface area (Å²) in [6.45, 7) is 1.64. The normalized spacial score (nSPS) is 15.6. The van der Waals surface area contributed by atoms with E-state index in [1.165, 1.54) is 10.4 Å². The number of nitrogens with zero attached hydrogens (tertiary/aromatic N) is 2. The average Bonchev–Trinajstić information content (AvgIpc) is 3.13. The lowest BCUT2D eigenvalue weighted by Gasteiger charge is -2.31. The van der Waals surface area contributed by atoms with Gasteiger partial charge in [0.15, 0.2) is 5.13 Å². The molecule has 0 atom stereocenters. The highest BCUT2D eigenvalue weighted by atomic mass is 32.2. The molecule has 13 heteroatoms. The Labute approximate surface area is 195 Å². The molecule has 0 amide bonds. The summed E-state index contributed by atoms with van der Waals surface area (Å²) in [5.41, 5.74) is 5.15. The fourth-order valence-corrected chi connectivity index (χ4v) is 5.99. The maximum absolute atomic E-state index is 14.0. The van der Waals surface area contributed by atoms with E-state index in [0.717, 1.165) is 23.5 Å². The van der Waals surface area contributed by atoms with Gasteiger partial charge in [-0.2, -0.15) is 0 Å². The summed E-state index contributed by atoms with van der Waals surface area (Å²) in [5, 5.41) is 15.2. The third kappa shape index (κ3) is 6.44. The summed E-state index contributed by atoms with van der Waals surface area (Å²) in [7, 11) is -3.37. The highest BCUT2D eigenvalue weighted by Crippen LogP contribution is 2.30. The van der Waals surface area contributed by atoms with E-state index in [2.05, 4.69) is 15.6 Å². The van der Waals surface area contributed by atoms with Crippen molar-refractivity contribution in [3.05, 3.63) is 40.3 Å². The second-order valence-electron chi connectivity index (χ2n) is 7.62. The second-order valence-corrected chi connectivity index (χ2v) is 10.7. The number of aliphatic hydroxyl groups excluding tert-OH is 1. The third-order valence-electron chi connectivity index (χ3n) is 5.27. The molecule has 0 radical (unpaired) electrons. The topological polar surface area (TPSA) is 138 Å². The summed E-state index contributed by atoms with van der Waals surface area (Å²) in [6, 6.07) is 3.09. The first-order chi connectivity index (χ1) is 15.7. The van der Waals surface area contributed by atoms with E-state index >= 15 is 0 Å². The largest absolute Gasteiger partial charge is 0.395 e. The van der Waals surface area contributed by atoms with Gasteiger partial charge >= 0.3 is 0 Å². The number of piperidine rings is 1. The standard InChI is InChI=1S/C20H27F2N5O4S2/c21-14-3-1-4-15(22)16(14)17(29)18-19(23)26-20(32-18)25-13-5-9-27(10-6-13)33(30,31)12-2-7-24-8-11-28/h1,3-4,13,24,28H,2,5-12,23H2,(H,25,26). The average molecular weight is 504 g/mol. The van der Waals surface area contributed by atoms with Crippen molar-refractivity contribution in [1.82, 2.24) is 14.6 Å². The zero-order valence-corrected chi connectivity index (χ0v) is 19.5. The number of nitrogens with one attached hydrogen (secondary N) is 2. The third-order valence-corrected chi connectivity index (χ3v) is 8.23. The maximum atomic E-state index is 14.0. The van der Waals surface area contributed by atoms with Gasteiger partial charge in [0.25, 0.3) is 0 Å². The highest BCUT2D eigenvalue weighted by molar-refractivity contribution is 7.89. The number of hydrogen-bond donors (Lipinski definition) is 4. The number of carbonyl (C=O) groups is 1. The molecule has 0 spiro atoms. The molecule has 0 aliphatic carbocycles. The molecule has 1 aliphatic heterocycles. The van der Waals surface area contributed by atoms with Crippen LogP contribution in [0.3, 0.4) is 0 Å². The van der Waals surface area contributed by atoms with Gasteiger partial charge in [0.05, 0.1) is 17.9 Å². The van der Waals surface area contributed by atoms with E-state index in [4.69, 9.17) is 10.8 Å². The molecule has 2 heterocycles. The molecular formula is C20H27F2N5O4S2. The maximum Gasteiger partial charge on any atom is 0.214 e. The van der Waals surface area contributed by atoms with Crippen LogP contribution in [0.4, 0.5) is 19.7 Å². The van der Waals surface area contributed by atoms with Crippen molar-refractivity contribution in [2.24, 2.45) is 0 Å². The lowest BCUT2D eigenvalue weighted by atomic mass is 10.1. The Morgan fingerprint density at radius 2 is 1.91 bits per heavy atom. The zero-order valence-electron chi connectivity index (χ0n) is 17.9.